The number of aromatic nitrogens is 2. The number of benzene rings is 2. The Kier molecular flexibility index (Phi) is 3.39. The molecule has 3 N–H and O–H groups in total. The minimum atomic E-state index is -0.248. The summed E-state index contributed by atoms with van der Waals surface area (Å²) in [6, 6.07) is 14.0. The molecule has 1 aromatic heterocycles. The van der Waals surface area contributed by atoms with Crippen LogP contribution in [0.3, 0.4) is 0 Å². The van der Waals surface area contributed by atoms with Gasteiger partial charge >= 0.3 is 0 Å². The lowest BCUT2D eigenvalue weighted by Gasteiger charge is -2.16. The van der Waals surface area contributed by atoms with E-state index in [1.54, 1.807) is 12.1 Å². The normalized spacial score (nSPS) is 12.3. The second kappa shape index (κ2) is 5.36. The van der Waals surface area contributed by atoms with Crippen molar-refractivity contribution in [1.29, 1.82) is 0 Å². The summed E-state index contributed by atoms with van der Waals surface area (Å²) >= 11 is 0. The zero-order valence-electron chi connectivity index (χ0n) is 11.5. The summed E-state index contributed by atoms with van der Waals surface area (Å²) in [6.45, 7) is 1.99. The zero-order valence-corrected chi connectivity index (χ0v) is 11.5. The summed E-state index contributed by atoms with van der Waals surface area (Å²) in [6.07, 6.45) is 0. The van der Waals surface area contributed by atoms with Gasteiger partial charge in [-0.25, -0.2) is 9.37 Å². The highest BCUT2D eigenvalue weighted by Gasteiger charge is 2.10. The minimum Gasteiger partial charge on any atom is -0.368 e. The van der Waals surface area contributed by atoms with E-state index in [4.69, 9.17) is 5.73 Å². The molecule has 0 spiro atoms. The number of nitrogen functional groups attached to an aromatic ring is 1. The van der Waals surface area contributed by atoms with Crippen LogP contribution in [0.15, 0.2) is 48.5 Å². The maximum atomic E-state index is 13.0. The molecule has 0 amide bonds. The molecule has 1 heterocycles. The fraction of sp³-hybridized carbons (Fsp3) is 0.125. The van der Waals surface area contributed by atoms with Crippen molar-refractivity contribution in [3.05, 3.63) is 59.9 Å². The highest BCUT2D eigenvalue weighted by atomic mass is 19.1. The van der Waals surface area contributed by atoms with Crippen LogP contribution in [0.1, 0.15) is 18.5 Å². The number of nitrogens with two attached hydrogens (primary N) is 1. The molecule has 0 aliphatic carbocycles. The van der Waals surface area contributed by atoms with Crippen molar-refractivity contribution >= 4 is 22.7 Å². The predicted molar refractivity (Wildman–Crippen MR) is 82.4 cm³/mol. The van der Waals surface area contributed by atoms with Crippen LogP contribution in [-0.4, -0.2) is 9.97 Å². The molecule has 21 heavy (non-hydrogen) atoms. The monoisotopic (exact) mass is 282 g/mol. The molecule has 0 fully saturated rings. The first kappa shape index (κ1) is 13.3. The van der Waals surface area contributed by atoms with Crippen molar-refractivity contribution in [1.82, 2.24) is 9.97 Å². The molecule has 0 aliphatic heterocycles. The molecule has 1 atom stereocenters. The lowest BCUT2D eigenvalue weighted by Crippen LogP contribution is -2.10. The molecule has 5 heteroatoms. The van der Waals surface area contributed by atoms with Gasteiger partial charge in [0.2, 0.25) is 5.95 Å². The number of nitrogens with zero attached hydrogens (tertiary/aromatic N) is 2. The van der Waals surface area contributed by atoms with E-state index < -0.39 is 0 Å². The third-order valence-corrected chi connectivity index (χ3v) is 3.34. The van der Waals surface area contributed by atoms with E-state index in [1.165, 1.54) is 12.1 Å². The summed E-state index contributed by atoms with van der Waals surface area (Å²) in [5, 5.41) is 4.21. The van der Waals surface area contributed by atoms with Gasteiger partial charge in [-0.15, -0.1) is 0 Å². The maximum Gasteiger partial charge on any atom is 0.222 e. The van der Waals surface area contributed by atoms with Crippen LogP contribution in [0.4, 0.5) is 16.2 Å². The largest absolute Gasteiger partial charge is 0.368 e. The van der Waals surface area contributed by atoms with Gasteiger partial charge in [0.1, 0.15) is 11.6 Å². The summed E-state index contributed by atoms with van der Waals surface area (Å²) in [5.74, 6) is 0.653. The molecule has 2 aromatic carbocycles. The summed E-state index contributed by atoms with van der Waals surface area (Å²) in [7, 11) is 0. The number of halogens is 1. The molecule has 0 saturated heterocycles. The van der Waals surface area contributed by atoms with Gasteiger partial charge in [-0.1, -0.05) is 24.3 Å². The van der Waals surface area contributed by atoms with Crippen LogP contribution < -0.4 is 11.1 Å². The number of hydrogen-bond acceptors (Lipinski definition) is 4. The van der Waals surface area contributed by atoms with Crippen molar-refractivity contribution in [3.8, 4) is 0 Å². The number of anilines is 2. The van der Waals surface area contributed by atoms with Gasteiger partial charge in [0.15, 0.2) is 0 Å². The molecule has 1 unspecified atom stereocenters. The van der Waals surface area contributed by atoms with E-state index in [9.17, 15) is 4.39 Å². The van der Waals surface area contributed by atoms with Crippen LogP contribution in [0.25, 0.3) is 10.9 Å². The predicted octanol–water partition coefficient (Wildman–Crippen LogP) is 3.52. The SMILES string of the molecule is CC(Nc1nc(N)nc2ccccc12)c1ccc(F)cc1. The van der Waals surface area contributed by atoms with E-state index in [2.05, 4.69) is 15.3 Å². The number of rotatable bonds is 3. The van der Waals surface area contributed by atoms with Crippen LogP contribution in [0.5, 0.6) is 0 Å². The fourth-order valence-corrected chi connectivity index (χ4v) is 2.24. The standard InChI is InChI=1S/C16H15FN4/c1-10(11-6-8-12(17)9-7-11)19-15-13-4-2-3-5-14(13)20-16(18)21-15/h2-10H,1H3,(H3,18,19,20,21). The Labute approximate surface area is 121 Å². The average Bonchev–Trinajstić information content (AvgIpc) is 2.47. The third-order valence-electron chi connectivity index (χ3n) is 3.34. The molecule has 0 aliphatic rings. The van der Waals surface area contributed by atoms with Gasteiger partial charge in [-0.05, 0) is 36.8 Å². The number of nitrogens with one attached hydrogen (secondary N) is 1. The Morgan fingerprint density at radius 2 is 1.76 bits per heavy atom. The third kappa shape index (κ3) is 2.76. The Hall–Kier alpha value is -2.69. The first-order valence-corrected chi connectivity index (χ1v) is 6.68. The minimum absolute atomic E-state index is 0.0247. The molecular formula is C16H15FN4. The fourth-order valence-electron chi connectivity index (χ4n) is 2.24. The van der Waals surface area contributed by atoms with E-state index in [-0.39, 0.29) is 17.8 Å². The van der Waals surface area contributed by atoms with Crippen molar-refractivity contribution in [3.63, 3.8) is 0 Å². The Bertz CT molecular complexity index is 771. The van der Waals surface area contributed by atoms with Gasteiger partial charge in [-0.3, -0.25) is 0 Å². The number of hydrogen-bond donors (Lipinski definition) is 2. The van der Waals surface area contributed by atoms with Crippen LogP contribution in [0.2, 0.25) is 0 Å². The topological polar surface area (TPSA) is 63.8 Å². The summed E-state index contributed by atoms with van der Waals surface area (Å²) in [5.41, 5.74) is 7.51. The summed E-state index contributed by atoms with van der Waals surface area (Å²) < 4.78 is 13.0. The van der Waals surface area contributed by atoms with E-state index in [0.29, 0.717) is 5.82 Å². The Balaban J connectivity index is 1.95. The van der Waals surface area contributed by atoms with E-state index in [1.807, 2.05) is 31.2 Å². The average molecular weight is 282 g/mol. The first-order valence-electron chi connectivity index (χ1n) is 6.68. The van der Waals surface area contributed by atoms with Crippen molar-refractivity contribution in [2.24, 2.45) is 0 Å². The first-order chi connectivity index (χ1) is 10.1. The van der Waals surface area contributed by atoms with Gasteiger partial charge < -0.3 is 11.1 Å². The van der Waals surface area contributed by atoms with Crippen molar-refractivity contribution in [2.75, 3.05) is 11.1 Å². The van der Waals surface area contributed by atoms with Gasteiger partial charge in [-0.2, -0.15) is 4.98 Å². The Morgan fingerprint density at radius 1 is 1.05 bits per heavy atom. The Morgan fingerprint density at radius 3 is 2.52 bits per heavy atom. The highest BCUT2D eigenvalue weighted by Crippen LogP contribution is 2.25. The van der Waals surface area contributed by atoms with Crippen molar-refractivity contribution < 1.29 is 4.39 Å². The van der Waals surface area contributed by atoms with Gasteiger partial charge in [0.05, 0.1) is 5.52 Å². The number of fused-ring (bicyclic) bond motifs is 1. The second-order valence-corrected chi connectivity index (χ2v) is 4.87. The lowest BCUT2D eigenvalue weighted by molar-refractivity contribution is 0.626. The van der Waals surface area contributed by atoms with Crippen LogP contribution in [-0.2, 0) is 0 Å². The highest BCUT2D eigenvalue weighted by molar-refractivity contribution is 5.89. The van der Waals surface area contributed by atoms with E-state index in [0.717, 1.165) is 16.5 Å². The van der Waals surface area contributed by atoms with Gasteiger partial charge in [0, 0.05) is 11.4 Å². The number of para-hydroxylation sites is 1. The molecule has 0 radical (unpaired) electrons. The smallest absolute Gasteiger partial charge is 0.222 e. The van der Waals surface area contributed by atoms with Crippen LogP contribution in [0, 0.1) is 5.82 Å². The summed E-state index contributed by atoms with van der Waals surface area (Å²) in [4.78, 5) is 8.47. The molecular weight excluding hydrogens is 267 g/mol. The second-order valence-electron chi connectivity index (χ2n) is 4.87. The quantitative estimate of drug-likeness (QED) is 0.771. The maximum absolute atomic E-state index is 13.0. The molecule has 3 aromatic rings. The van der Waals surface area contributed by atoms with Crippen molar-refractivity contribution in [2.45, 2.75) is 13.0 Å². The molecule has 3 rings (SSSR count). The molecule has 0 bridgehead atoms. The molecule has 4 nitrogen and oxygen atoms in total. The molecule has 0 saturated carbocycles. The van der Waals surface area contributed by atoms with E-state index >= 15 is 0 Å². The zero-order chi connectivity index (χ0) is 14.8. The van der Waals surface area contributed by atoms with Gasteiger partial charge in [0.25, 0.3) is 0 Å². The lowest BCUT2D eigenvalue weighted by atomic mass is 10.1. The molecule has 106 valence electrons. The van der Waals surface area contributed by atoms with Crippen LogP contribution >= 0.6 is 0 Å².